The molecule has 2 unspecified atom stereocenters. The lowest BCUT2D eigenvalue weighted by molar-refractivity contribution is -0.144. The normalized spacial score (nSPS) is 24.9. The number of nitrogens with zero attached hydrogens (tertiary/aromatic N) is 1. The van der Waals surface area contributed by atoms with Crippen molar-refractivity contribution in [2.75, 3.05) is 13.2 Å². The molecule has 14 heavy (non-hydrogen) atoms. The molecule has 1 heterocycles. The molecule has 0 spiro atoms. The Bertz CT molecular complexity index is 194. The van der Waals surface area contributed by atoms with Gasteiger partial charge in [-0.1, -0.05) is 0 Å². The highest BCUT2D eigenvalue weighted by Crippen LogP contribution is 2.20. The number of ether oxygens (including phenoxy) is 1. The van der Waals surface area contributed by atoms with Gasteiger partial charge in [-0.25, -0.2) is 0 Å². The van der Waals surface area contributed by atoms with Gasteiger partial charge in [0.1, 0.15) is 0 Å². The molecule has 0 bridgehead atoms. The largest absolute Gasteiger partial charge is 0.466 e. The average molecular weight is 199 g/mol. The van der Waals surface area contributed by atoms with E-state index in [1.54, 1.807) is 0 Å². The van der Waals surface area contributed by atoms with E-state index in [0.717, 1.165) is 6.54 Å². The van der Waals surface area contributed by atoms with Crippen LogP contribution in [0.3, 0.4) is 0 Å². The number of rotatable bonds is 4. The Morgan fingerprint density at radius 2 is 2.36 bits per heavy atom. The summed E-state index contributed by atoms with van der Waals surface area (Å²) in [5, 5.41) is 0. The molecular weight excluding hydrogens is 178 g/mol. The molecule has 1 aliphatic heterocycles. The highest BCUT2D eigenvalue weighted by Gasteiger charge is 2.26. The van der Waals surface area contributed by atoms with Crippen LogP contribution in [-0.2, 0) is 9.53 Å². The van der Waals surface area contributed by atoms with E-state index in [-0.39, 0.29) is 5.97 Å². The summed E-state index contributed by atoms with van der Waals surface area (Å²) in [6.45, 7) is 7.80. The number of carbonyl (C=O) groups is 1. The highest BCUT2D eigenvalue weighted by atomic mass is 16.5. The Labute approximate surface area is 86.4 Å². The lowest BCUT2D eigenvalue weighted by atomic mass is 10.2. The Morgan fingerprint density at radius 3 is 2.86 bits per heavy atom. The third-order valence-corrected chi connectivity index (χ3v) is 2.94. The van der Waals surface area contributed by atoms with Crippen LogP contribution in [0.1, 0.15) is 40.0 Å². The molecule has 0 aromatic rings. The maximum atomic E-state index is 11.3. The van der Waals surface area contributed by atoms with Gasteiger partial charge in [-0.15, -0.1) is 0 Å². The maximum absolute atomic E-state index is 11.3. The number of hydrogen-bond acceptors (Lipinski definition) is 3. The second kappa shape index (κ2) is 5.35. The first-order chi connectivity index (χ1) is 6.65. The average Bonchev–Trinajstić information content (AvgIpc) is 2.51. The minimum Gasteiger partial charge on any atom is -0.466 e. The van der Waals surface area contributed by atoms with Crippen molar-refractivity contribution in [2.24, 2.45) is 0 Å². The quantitative estimate of drug-likeness (QED) is 0.647. The second-order valence-electron chi connectivity index (χ2n) is 4.09. The molecule has 1 saturated heterocycles. The molecule has 1 rings (SSSR count). The van der Waals surface area contributed by atoms with Crippen LogP contribution in [0.15, 0.2) is 0 Å². The van der Waals surface area contributed by atoms with Gasteiger partial charge in [0.25, 0.3) is 0 Å². The third-order valence-electron chi connectivity index (χ3n) is 2.94. The van der Waals surface area contributed by atoms with Crippen molar-refractivity contribution in [3.05, 3.63) is 0 Å². The first kappa shape index (κ1) is 11.5. The van der Waals surface area contributed by atoms with Gasteiger partial charge in [0, 0.05) is 12.1 Å². The molecule has 1 fully saturated rings. The fraction of sp³-hybridized carbons (Fsp3) is 0.909. The van der Waals surface area contributed by atoms with E-state index in [0.29, 0.717) is 25.1 Å². The van der Waals surface area contributed by atoms with E-state index in [9.17, 15) is 4.79 Å². The fourth-order valence-corrected chi connectivity index (χ4v) is 2.19. The molecule has 0 aromatic heterocycles. The molecule has 0 aliphatic carbocycles. The van der Waals surface area contributed by atoms with Crippen molar-refractivity contribution in [3.63, 3.8) is 0 Å². The molecule has 3 nitrogen and oxygen atoms in total. The zero-order valence-electron chi connectivity index (χ0n) is 9.45. The predicted molar refractivity (Wildman–Crippen MR) is 56.1 cm³/mol. The van der Waals surface area contributed by atoms with Gasteiger partial charge in [-0.05, 0) is 40.2 Å². The summed E-state index contributed by atoms with van der Waals surface area (Å²) < 4.78 is 4.94. The van der Waals surface area contributed by atoms with Crippen LogP contribution < -0.4 is 0 Å². The molecule has 82 valence electrons. The van der Waals surface area contributed by atoms with Crippen molar-refractivity contribution >= 4 is 5.97 Å². The first-order valence-electron chi connectivity index (χ1n) is 5.56. The van der Waals surface area contributed by atoms with Crippen LogP contribution in [0.25, 0.3) is 0 Å². The van der Waals surface area contributed by atoms with Gasteiger partial charge < -0.3 is 4.74 Å². The standard InChI is InChI=1S/C11H21NO2/c1-4-14-11(13)8-10(3)12-7-5-6-9(12)2/h9-10H,4-8H2,1-3H3. The molecule has 2 atom stereocenters. The second-order valence-corrected chi connectivity index (χ2v) is 4.09. The minimum atomic E-state index is -0.0703. The number of likely N-dealkylation sites (tertiary alicyclic amines) is 1. The van der Waals surface area contributed by atoms with Crippen LogP contribution in [0.5, 0.6) is 0 Å². The topological polar surface area (TPSA) is 29.5 Å². The number of carbonyl (C=O) groups excluding carboxylic acids is 1. The zero-order valence-corrected chi connectivity index (χ0v) is 9.45. The highest BCUT2D eigenvalue weighted by molar-refractivity contribution is 5.70. The van der Waals surface area contributed by atoms with Crippen molar-refractivity contribution in [1.82, 2.24) is 4.90 Å². The molecular formula is C11H21NO2. The summed E-state index contributed by atoms with van der Waals surface area (Å²) in [6.07, 6.45) is 3.04. The van der Waals surface area contributed by atoms with Crippen molar-refractivity contribution in [1.29, 1.82) is 0 Å². The smallest absolute Gasteiger partial charge is 0.307 e. The van der Waals surface area contributed by atoms with Gasteiger partial charge >= 0.3 is 5.97 Å². The van der Waals surface area contributed by atoms with Crippen LogP contribution in [0.2, 0.25) is 0 Å². The molecule has 0 N–H and O–H groups in total. The lowest BCUT2D eigenvalue weighted by Gasteiger charge is -2.27. The van der Waals surface area contributed by atoms with E-state index < -0.39 is 0 Å². The zero-order chi connectivity index (χ0) is 10.6. The van der Waals surface area contributed by atoms with Gasteiger partial charge in [0.05, 0.1) is 13.0 Å². The van der Waals surface area contributed by atoms with E-state index in [2.05, 4.69) is 18.7 Å². The summed E-state index contributed by atoms with van der Waals surface area (Å²) in [7, 11) is 0. The summed E-state index contributed by atoms with van der Waals surface area (Å²) in [5.41, 5.74) is 0. The van der Waals surface area contributed by atoms with Crippen LogP contribution in [-0.4, -0.2) is 36.1 Å². The van der Waals surface area contributed by atoms with Gasteiger partial charge in [0.2, 0.25) is 0 Å². The summed E-state index contributed by atoms with van der Waals surface area (Å²) >= 11 is 0. The Hall–Kier alpha value is -0.570. The van der Waals surface area contributed by atoms with Gasteiger partial charge in [0.15, 0.2) is 0 Å². The van der Waals surface area contributed by atoms with E-state index >= 15 is 0 Å². The van der Waals surface area contributed by atoms with Crippen molar-refractivity contribution < 1.29 is 9.53 Å². The molecule has 3 heteroatoms. The summed E-state index contributed by atoms with van der Waals surface area (Å²) in [6, 6.07) is 0.950. The molecule has 0 radical (unpaired) electrons. The predicted octanol–water partition coefficient (Wildman–Crippen LogP) is 1.81. The lowest BCUT2D eigenvalue weighted by Crippen LogP contribution is -2.37. The van der Waals surface area contributed by atoms with Gasteiger partial charge in [-0.3, -0.25) is 9.69 Å². The molecule has 0 saturated carbocycles. The van der Waals surface area contributed by atoms with Gasteiger partial charge in [-0.2, -0.15) is 0 Å². The Morgan fingerprint density at radius 1 is 1.64 bits per heavy atom. The van der Waals surface area contributed by atoms with E-state index in [1.807, 2.05) is 6.92 Å². The third kappa shape index (κ3) is 2.98. The SMILES string of the molecule is CCOC(=O)CC(C)N1CCCC1C. The number of esters is 1. The molecule has 1 aliphatic rings. The van der Waals surface area contributed by atoms with Crippen molar-refractivity contribution in [3.8, 4) is 0 Å². The van der Waals surface area contributed by atoms with E-state index in [1.165, 1.54) is 12.8 Å². The summed E-state index contributed by atoms with van der Waals surface area (Å²) in [4.78, 5) is 13.7. The summed E-state index contributed by atoms with van der Waals surface area (Å²) in [5.74, 6) is -0.0703. The molecule has 0 aromatic carbocycles. The fourth-order valence-electron chi connectivity index (χ4n) is 2.19. The van der Waals surface area contributed by atoms with Crippen molar-refractivity contribution in [2.45, 2.75) is 52.1 Å². The van der Waals surface area contributed by atoms with E-state index in [4.69, 9.17) is 4.74 Å². The monoisotopic (exact) mass is 199 g/mol. The Balaban J connectivity index is 2.33. The minimum absolute atomic E-state index is 0.0703. The van der Waals surface area contributed by atoms with Crippen LogP contribution in [0, 0.1) is 0 Å². The van der Waals surface area contributed by atoms with Crippen LogP contribution in [0.4, 0.5) is 0 Å². The molecule has 0 amide bonds. The maximum Gasteiger partial charge on any atom is 0.307 e. The van der Waals surface area contributed by atoms with Crippen LogP contribution >= 0.6 is 0 Å². The first-order valence-corrected chi connectivity index (χ1v) is 5.56. The Kier molecular flexibility index (Phi) is 4.39. The number of hydrogen-bond donors (Lipinski definition) is 0.